The number of rotatable bonds is 25. The largest absolute Gasteiger partial charge is 0.457 e. The maximum Gasteiger partial charge on any atom is 0.416 e. The molecule has 8 aromatic heterocycles. The van der Waals surface area contributed by atoms with E-state index in [1.807, 2.05) is 74.6 Å². The number of hydrogen-bond acceptors (Lipinski definition) is 30. The number of sulfone groups is 4. The van der Waals surface area contributed by atoms with Gasteiger partial charge in [-0.25, -0.2) is 46.8 Å². The van der Waals surface area contributed by atoms with Crippen molar-refractivity contribution in [2.75, 3.05) is 18.1 Å². The quantitative estimate of drug-likeness (QED) is 0.0447. The van der Waals surface area contributed by atoms with Gasteiger partial charge in [0, 0.05) is 88.9 Å². The number of halogens is 5. The third-order valence-corrected chi connectivity index (χ3v) is 38.5. The van der Waals surface area contributed by atoms with Crippen molar-refractivity contribution in [2.24, 2.45) is 42.3 Å². The molecule has 19 rings (SSSR count). The van der Waals surface area contributed by atoms with E-state index in [1.54, 1.807) is 158 Å². The second-order valence-electron chi connectivity index (χ2n) is 33.9. The molecule has 0 bridgehead atoms. The number of aryl methyl sites for hydroxylation is 11. The highest BCUT2D eigenvalue weighted by Gasteiger charge is 2.34. The van der Waals surface area contributed by atoms with E-state index in [0.29, 0.717) is 79.9 Å². The summed E-state index contributed by atoms with van der Waals surface area (Å²) in [5.41, 5.74) is 9.86. The van der Waals surface area contributed by atoms with Crippen LogP contribution in [0.1, 0.15) is 64.3 Å². The summed E-state index contributed by atoms with van der Waals surface area (Å²) in [6, 6.07) is 58.6. The summed E-state index contributed by atoms with van der Waals surface area (Å²) >= 11 is 17.9. The monoisotopic (exact) mass is 2310 g/mol. The molecule has 0 fully saturated rings. The third kappa shape index (κ3) is 27.8. The van der Waals surface area contributed by atoms with E-state index >= 15 is 0 Å². The lowest BCUT2D eigenvalue weighted by Gasteiger charge is -2.16. The summed E-state index contributed by atoms with van der Waals surface area (Å²) < 4.78 is 213. The highest BCUT2D eigenvalue weighted by Crippen LogP contribution is 2.39. The molecule has 150 heavy (non-hydrogen) atoms. The van der Waals surface area contributed by atoms with E-state index in [-0.39, 0.29) is 115 Å². The number of ether oxygens (including phenoxy) is 1. The van der Waals surface area contributed by atoms with E-state index in [0.717, 1.165) is 148 Å². The smallest absolute Gasteiger partial charge is 0.416 e. The molecular formula is C101H92Cl2F3N9O23S12. The normalized spacial score (nSPS) is 12.1. The highest BCUT2D eigenvalue weighted by atomic mass is 35.5. The van der Waals surface area contributed by atoms with E-state index < -0.39 is 83.1 Å². The average Bonchev–Trinajstić information content (AvgIpc) is 0.955. The van der Waals surface area contributed by atoms with Crippen molar-refractivity contribution in [3.63, 3.8) is 0 Å². The number of aliphatic hydroxyl groups is 1. The third-order valence-electron chi connectivity index (χ3n) is 23.2. The zero-order chi connectivity index (χ0) is 109. The average molecular weight is 2310 g/mol. The molecule has 0 aliphatic heterocycles. The summed E-state index contributed by atoms with van der Waals surface area (Å²) in [6.07, 6.45) is 2.60. The molecule has 0 spiro atoms. The van der Waals surface area contributed by atoms with Gasteiger partial charge < -0.3 is 19.0 Å². The van der Waals surface area contributed by atoms with Gasteiger partial charge in [-0.05, 0) is 320 Å². The maximum absolute atomic E-state index is 13.3. The molecule has 0 saturated heterocycles. The van der Waals surface area contributed by atoms with E-state index in [4.69, 9.17) is 46.8 Å². The summed E-state index contributed by atoms with van der Waals surface area (Å²) in [7, 11) is -11.7. The Bertz CT molecular complexity index is 9550. The molecule has 19 aromatic rings. The minimum atomic E-state index is -4.65. The molecule has 3 N–H and O–H groups in total. The lowest BCUT2D eigenvalue weighted by Crippen LogP contribution is -2.30. The predicted molar refractivity (Wildman–Crippen MR) is 582 cm³/mol. The number of hydrogen-bond donors (Lipinski definition) is 3. The highest BCUT2D eigenvalue weighted by molar-refractivity contribution is 7.92. The second kappa shape index (κ2) is 47.8. The van der Waals surface area contributed by atoms with Gasteiger partial charge in [-0.2, -0.15) is 31.2 Å². The van der Waals surface area contributed by atoms with Crippen LogP contribution >= 0.6 is 92.4 Å². The molecule has 0 amide bonds. The fourth-order valence-electron chi connectivity index (χ4n) is 15.5. The van der Waals surface area contributed by atoms with Gasteiger partial charge in [0.25, 0.3) is 28.5 Å². The minimum absolute atomic E-state index is 0.00778. The van der Waals surface area contributed by atoms with Crippen LogP contribution in [0.5, 0.6) is 17.2 Å². The maximum atomic E-state index is 13.3. The minimum Gasteiger partial charge on any atom is -0.457 e. The molecule has 0 saturated carbocycles. The first kappa shape index (κ1) is 114. The number of aromatic nitrogens is 8. The number of aliphatic hydroxyl groups excluding tert-OH is 1. The van der Waals surface area contributed by atoms with Gasteiger partial charge in [0.1, 0.15) is 16.4 Å². The Hall–Kier alpha value is -12.8. The Morgan fingerprint density at radius 2 is 0.813 bits per heavy atom. The van der Waals surface area contributed by atoms with Crippen LogP contribution in [0.3, 0.4) is 0 Å². The van der Waals surface area contributed by atoms with Gasteiger partial charge in [-0.1, -0.05) is 83.4 Å². The van der Waals surface area contributed by atoms with Crippen molar-refractivity contribution in [3.8, 4) is 17.2 Å². The topological polar surface area (TPSA) is 450 Å². The van der Waals surface area contributed by atoms with Gasteiger partial charge >= 0.3 is 22.4 Å². The van der Waals surface area contributed by atoms with Crippen molar-refractivity contribution >= 4 is 234 Å². The van der Waals surface area contributed by atoms with Crippen LogP contribution in [0.2, 0.25) is 10.0 Å². The van der Waals surface area contributed by atoms with Crippen LogP contribution in [0.4, 0.5) is 13.2 Å². The molecule has 49 heteroatoms. The summed E-state index contributed by atoms with van der Waals surface area (Å²) in [6.45, 7) is 7.04. The van der Waals surface area contributed by atoms with Crippen LogP contribution < -0.4 is 42.1 Å². The van der Waals surface area contributed by atoms with E-state index in [2.05, 4.69) is 14.7 Å². The van der Waals surface area contributed by atoms with E-state index in [9.17, 15) is 92.4 Å². The number of H-pyrrole nitrogens is 1. The number of sulfonamides is 1. The number of nitrogens with zero attached hydrogens (tertiary/aromatic N) is 7. The lowest BCUT2D eigenvalue weighted by atomic mass is 10.1. The first-order valence-corrected chi connectivity index (χ1v) is 59.6. The molecule has 0 aliphatic carbocycles. The number of nitrogens with one attached hydrogen (secondary N) is 2. The fourth-order valence-corrected chi connectivity index (χ4v) is 28.2. The summed E-state index contributed by atoms with van der Waals surface area (Å²) in [5.74, 6) is -0.292. The van der Waals surface area contributed by atoms with Gasteiger partial charge in [0.2, 0.25) is 10.0 Å². The predicted octanol–water partition coefficient (Wildman–Crippen LogP) is 18.1. The van der Waals surface area contributed by atoms with Crippen LogP contribution in [0, 0.1) is 20.8 Å². The molecule has 0 aliphatic rings. The van der Waals surface area contributed by atoms with Crippen LogP contribution in [0.15, 0.2) is 301 Å². The number of benzene rings is 11. The summed E-state index contributed by atoms with van der Waals surface area (Å²) in [5, 5.41) is 13.0. The Balaban J connectivity index is 0.000000150. The molecule has 1 unspecified atom stereocenters. The Labute approximate surface area is 891 Å². The molecule has 8 heterocycles. The Kier molecular flexibility index (Phi) is 36.5. The van der Waals surface area contributed by atoms with Crippen LogP contribution in [0.25, 0.3) is 76.3 Å². The van der Waals surface area contributed by atoms with Crippen molar-refractivity contribution in [1.82, 2.24) is 38.4 Å². The van der Waals surface area contributed by atoms with Crippen molar-refractivity contribution < 1.29 is 87.3 Å². The van der Waals surface area contributed by atoms with Gasteiger partial charge in [-0.15, -0.1) is 0 Å². The van der Waals surface area contributed by atoms with Gasteiger partial charge in [0.05, 0.1) is 130 Å². The number of fused-ring (bicyclic) bond motifs is 7. The fraction of sp³-hybridized carbons (Fsp3) is 0.208. The number of alkyl halides is 3. The van der Waals surface area contributed by atoms with Crippen LogP contribution in [-0.2, 0) is 142 Å². The van der Waals surface area contributed by atoms with E-state index in [1.165, 1.54) is 85.8 Å². The number of pyridine rings is 1. The molecule has 0 radical (unpaired) electrons. The van der Waals surface area contributed by atoms with Gasteiger partial charge in [-0.3, -0.25) is 57.5 Å². The second-order valence-corrected chi connectivity index (χ2v) is 52.9. The lowest BCUT2D eigenvalue weighted by molar-refractivity contribution is -0.191. The first-order valence-electron chi connectivity index (χ1n) is 44.7. The van der Waals surface area contributed by atoms with Crippen molar-refractivity contribution in [2.45, 2.75) is 107 Å². The zero-order valence-corrected chi connectivity index (χ0v) is 92.2. The number of aromatic amines is 1. The SMILES string of the molecule is CC(O)CNS(=O)(=O)c1ccc2c(c1)c(=O)sn2C.Cc1ccc(C)c(CS(=O)(=O)c2ccc3c(c2)c(=O)sn3C)c1.Cc1ccccc1Oc1ccc(C(F)(F)F)cc1CS(=O)(=O)c1ccc2c(c1)c(=O)sn2C.Cn1sc(=O)c2cc(S(=O)(=O)CCCc3c[nH]c4ccccc34)ccc21.Cn1sc(=O)c2cc(S(=O)(=O)CCCc3ccncc3)ccc21.Cn1sc(=O)c2cc(S(=O)(=O)Oc3ccc(Cl)cc3Cl)ccc21.O=C=O. The van der Waals surface area contributed by atoms with Crippen molar-refractivity contribution in [3.05, 3.63) is 355 Å². The number of para-hydroxylation sites is 2. The zero-order valence-electron chi connectivity index (χ0n) is 80.9. The first-order chi connectivity index (χ1) is 70.7. The Morgan fingerprint density at radius 1 is 0.420 bits per heavy atom. The van der Waals surface area contributed by atoms with Crippen LogP contribution in [-0.4, -0.2) is 120 Å². The Morgan fingerprint density at radius 3 is 1.25 bits per heavy atom. The molecule has 32 nitrogen and oxygen atoms in total. The molecular weight excluding hydrogens is 2220 g/mol. The molecule has 11 aromatic carbocycles. The molecule has 1 atom stereocenters. The molecule has 786 valence electrons. The van der Waals surface area contributed by atoms with Crippen molar-refractivity contribution in [1.29, 1.82) is 0 Å². The standard InChI is InChI=1S/C23H18F3NO4S2.C19H18N2O3S2.C17H17NO3S2.C16H16N2O3S2.C14H9Cl2NO4S2.C11H14N2O4S2.CO2/c1-14-5-3-4-6-20(14)31-21-10-7-16(23(24,25)26)11-15(21)13-33(29,30)17-8-9-19-18(12-17)22(28)32-27(19)2;1-21-18-9-8-14(11-16(18)19(22)25-21)26(23,24)10-4-5-13-12-20-17-7-3-2-6-15(13)17;1-11-4-5-12(2)13(8-11)10-23(20,21)14-6-7-16-15(9-14)17(19)22-18(16)3;1-18-15-5-4-13(11-14(15)16(19)22-18)23(20,21)10-2-3-12-6-8-17-9-7-12;1-17-12-4-3-9(7-10(12)14(18)22-17)23(19,20)21-13-5-2-8(15)6-11(13)16;1-7(14)6-12-19(16,17)8-3-4-10-9(5-8)11(15)18-13(10)2;2-1-3/h3-12H,13H2,1-2H3;2-3,6-9,11-12,20H,4-5,10H2,1H3;4-9H,10H2,1-3H3;4-9,11H,2-3,10H2,1H3;2-7H,1H3;3-5,7,12,14H,6H2,1-2H3;. The van der Waals surface area contributed by atoms with Gasteiger partial charge in [0.15, 0.2) is 45.1 Å². The summed E-state index contributed by atoms with van der Waals surface area (Å²) in [4.78, 5) is 95.3. The number of carbonyl (C=O) groups excluding carboxylic acids is 2.